The van der Waals surface area contributed by atoms with E-state index in [9.17, 15) is 4.79 Å². The van der Waals surface area contributed by atoms with Gasteiger partial charge in [-0.05, 0) is 42.5 Å². The van der Waals surface area contributed by atoms with E-state index in [4.69, 9.17) is 16.3 Å². The molecule has 0 unspecified atom stereocenters. The number of rotatable bonds is 8. The number of carbonyl (C=O) groups is 1. The fourth-order valence-corrected chi connectivity index (χ4v) is 5.66. The molecule has 0 saturated heterocycles. The molecule has 31 heavy (non-hydrogen) atoms. The third-order valence-electron chi connectivity index (χ3n) is 5.36. The first kappa shape index (κ1) is 22.2. The minimum absolute atomic E-state index is 0.107. The third-order valence-corrected chi connectivity index (χ3v) is 7.47. The van der Waals surface area contributed by atoms with Crippen molar-refractivity contribution in [3.63, 3.8) is 0 Å². The van der Waals surface area contributed by atoms with Gasteiger partial charge in [-0.1, -0.05) is 48.7 Å². The van der Waals surface area contributed by atoms with Crippen molar-refractivity contribution in [1.82, 2.24) is 14.8 Å². The zero-order valence-corrected chi connectivity index (χ0v) is 19.7. The molecule has 164 valence electrons. The van der Waals surface area contributed by atoms with Gasteiger partial charge < -0.3 is 14.6 Å². The number of halogens is 1. The molecule has 1 N–H and O–H groups in total. The average molecular weight is 477 g/mol. The Hall–Kier alpha value is -2.03. The van der Waals surface area contributed by atoms with Crippen LogP contribution in [0.5, 0.6) is 5.75 Å². The standard InChI is InChI=1S/C22H25ClN4O2S2/c1-29-19-10-9-15(12-18(19)23)24-21(28)14-31-22-26-25-20(13-17-8-5-11-30-17)27(22)16-6-3-2-4-7-16/h5,8-12,16H,2-4,6-7,13-14H2,1H3,(H,24,28). The Bertz CT molecular complexity index is 1020. The number of aromatic nitrogens is 3. The number of amides is 1. The molecule has 0 spiro atoms. The van der Waals surface area contributed by atoms with Crippen LogP contribution in [0.2, 0.25) is 5.02 Å². The number of ether oxygens (including phenoxy) is 1. The number of thiophene rings is 1. The van der Waals surface area contributed by atoms with Crippen LogP contribution in [0, 0.1) is 0 Å². The van der Waals surface area contributed by atoms with Crippen LogP contribution in [0.1, 0.15) is 48.8 Å². The highest BCUT2D eigenvalue weighted by molar-refractivity contribution is 7.99. The van der Waals surface area contributed by atoms with E-state index in [1.165, 1.54) is 35.9 Å². The molecule has 1 saturated carbocycles. The molecule has 3 aromatic rings. The first-order chi connectivity index (χ1) is 15.1. The molecule has 2 aromatic heterocycles. The molecule has 4 rings (SSSR count). The summed E-state index contributed by atoms with van der Waals surface area (Å²) in [5.74, 6) is 1.71. The molecule has 0 aliphatic heterocycles. The lowest BCUT2D eigenvalue weighted by Gasteiger charge is -2.25. The van der Waals surface area contributed by atoms with Gasteiger partial charge in [-0.25, -0.2) is 0 Å². The summed E-state index contributed by atoms with van der Waals surface area (Å²) < 4.78 is 7.43. The number of hydrogen-bond acceptors (Lipinski definition) is 6. The van der Waals surface area contributed by atoms with Gasteiger partial charge in [0, 0.05) is 23.0 Å². The number of thioether (sulfide) groups is 1. The number of nitrogens with one attached hydrogen (secondary N) is 1. The molecule has 1 amide bonds. The lowest BCUT2D eigenvalue weighted by Crippen LogP contribution is -2.18. The maximum absolute atomic E-state index is 12.5. The normalized spacial score (nSPS) is 14.5. The maximum Gasteiger partial charge on any atom is 0.234 e. The average Bonchev–Trinajstić information content (AvgIpc) is 3.43. The number of methoxy groups -OCH3 is 1. The second-order valence-corrected chi connectivity index (χ2v) is 9.88. The fourth-order valence-electron chi connectivity index (χ4n) is 3.87. The fraction of sp³-hybridized carbons (Fsp3) is 0.409. The van der Waals surface area contributed by atoms with E-state index in [2.05, 4.69) is 37.6 Å². The zero-order valence-electron chi connectivity index (χ0n) is 17.3. The van der Waals surface area contributed by atoms with E-state index in [1.54, 1.807) is 36.6 Å². The predicted molar refractivity (Wildman–Crippen MR) is 127 cm³/mol. The summed E-state index contributed by atoms with van der Waals surface area (Å²) in [5, 5.41) is 15.2. The highest BCUT2D eigenvalue weighted by atomic mass is 35.5. The van der Waals surface area contributed by atoms with Crippen LogP contribution in [0.4, 0.5) is 5.69 Å². The predicted octanol–water partition coefficient (Wildman–Crippen LogP) is 5.83. The van der Waals surface area contributed by atoms with Crippen LogP contribution in [0.25, 0.3) is 0 Å². The smallest absolute Gasteiger partial charge is 0.234 e. The van der Waals surface area contributed by atoms with Crippen molar-refractivity contribution < 1.29 is 9.53 Å². The molecule has 2 heterocycles. The minimum atomic E-state index is -0.107. The van der Waals surface area contributed by atoms with Crippen LogP contribution in [0.3, 0.4) is 0 Å². The van der Waals surface area contributed by atoms with Crippen molar-refractivity contribution in [3.05, 3.63) is 51.4 Å². The van der Waals surface area contributed by atoms with Crippen molar-refractivity contribution >= 4 is 46.3 Å². The highest BCUT2D eigenvalue weighted by Gasteiger charge is 2.23. The molecule has 0 atom stereocenters. The molecular formula is C22H25ClN4O2S2. The number of hydrogen-bond donors (Lipinski definition) is 1. The Morgan fingerprint density at radius 3 is 2.84 bits per heavy atom. The monoisotopic (exact) mass is 476 g/mol. The van der Waals surface area contributed by atoms with Crippen LogP contribution in [-0.4, -0.2) is 33.5 Å². The van der Waals surface area contributed by atoms with E-state index in [0.29, 0.717) is 22.5 Å². The largest absolute Gasteiger partial charge is 0.495 e. The first-order valence-electron chi connectivity index (χ1n) is 10.4. The van der Waals surface area contributed by atoms with E-state index in [0.717, 1.165) is 30.2 Å². The molecule has 9 heteroatoms. The van der Waals surface area contributed by atoms with Crippen molar-refractivity contribution in [3.8, 4) is 5.75 Å². The molecular weight excluding hydrogens is 452 g/mol. The Morgan fingerprint density at radius 2 is 2.13 bits per heavy atom. The third kappa shape index (κ3) is 5.61. The summed E-state index contributed by atoms with van der Waals surface area (Å²) in [5.41, 5.74) is 0.642. The number of anilines is 1. The second kappa shape index (κ2) is 10.5. The lowest BCUT2D eigenvalue weighted by molar-refractivity contribution is -0.113. The first-order valence-corrected chi connectivity index (χ1v) is 12.6. The Morgan fingerprint density at radius 1 is 1.29 bits per heavy atom. The zero-order chi connectivity index (χ0) is 21.6. The van der Waals surface area contributed by atoms with Crippen LogP contribution >= 0.6 is 34.7 Å². The van der Waals surface area contributed by atoms with Crippen LogP contribution in [0.15, 0.2) is 40.9 Å². The summed E-state index contributed by atoms with van der Waals surface area (Å²) in [6.07, 6.45) is 6.79. The topological polar surface area (TPSA) is 69.0 Å². The molecule has 1 aliphatic carbocycles. The van der Waals surface area contributed by atoms with Gasteiger partial charge >= 0.3 is 0 Å². The summed E-state index contributed by atoms with van der Waals surface area (Å²) in [6.45, 7) is 0. The molecule has 1 aromatic carbocycles. The van der Waals surface area contributed by atoms with Crippen LogP contribution < -0.4 is 10.1 Å². The van der Waals surface area contributed by atoms with Crippen molar-refractivity contribution in [2.75, 3.05) is 18.2 Å². The summed E-state index contributed by atoms with van der Waals surface area (Å²) in [6, 6.07) is 9.80. The Balaban J connectivity index is 1.45. The minimum Gasteiger partial charge on any atom is -0.495 e. The van der Waals surface area contributed by atoms with Gasteiger partial charge in [0.2, 0.25) is 5.91 Å². The number of benzene rings is 1. The SMILES string of the molecule is COc1ccc(NC(=O)CSc2nnc(Cc3cccs3)n2C2CCCCC2)cc1Cl. The summed E-state index contributed by atoms with van der Waals surface area (Å²) in [7, 11) is 1.56. The molecule has 1 aliphatic rings. The Labute approximate surface area is 195 Å². The van der Waals surface area contributed by atoms with Crippen molar-refractivity contribution in [1.29, 1.82) is 0 Å². The molecule has 1 fully saturated rings. The van der Waals surface area contributed by atoms with Gasteiger partial charge in [-0.2, -0.15) is 0 Å². The number of nitrogens with zero attached hydrogens (tertiary/aromatic N) is 3. The number of carbonyl (C=O) groups excluding carboxylic acids is 1. The van der Waals surface area contributed by atoms with Crippen molar-refractivity contribution in [2.24, 2.45) is 0 Å². The van der Waals surface area contributed by atoms with E-state index >= 15 is 0 Å². The summed E-state index contributed by atoms with van der Waals surface area (Å²) in [4.78, 5) is 13.8. The van der Waals surface area contributed by atoms with Gasteiger partial charge in [0.05, 0.1) is 17.9 Å². The quantitative estimate of drug-likeness (QED) is 0.414. The lowest BCUT2D eigenvalue weighted by atomic mass is 9.95. The van der Waals surface area contributed by atoms with Gasteiger partial charge in [0.1, 0.15) is 11.6 Å². The Kier molecular flexibility index (Phi) is 7.53. The molecule has 0 bridgehead atoms. The van der Waals surface area contributed by atoms with Gasteiger partial charge in [0.15, 0.2) is 5.16 Å². The second-order valence-electron chi connectivity index (χ2n) is 7.50. The van der Waals surface area contributed by atoms with Gasteiger partial charge in [0.25, 0.3) is 0 Å². The maximum atomic E-state index is 12.5. The van der Waals surface area contributed by atoms with Gasteiger partial charge in [-0.15, -0.1) is 21.5 Å². The van der Waals surface area contributed by atoms with E-state index in [-0.39, 0.29) is 11.7 Å². The van der Waals surface area contributed by atoms with Gasteiger partial charge in [-0.3, -0.25) is 4.79 Å². The van der Waals surface area contributed by atoms with Crippen LogP contribution in [-0.2, 0) is 11.2 Å². The van der Waals surface area contributed by atoms with E-state index < -0.39 is 0 Å². The summed E-state index contributed by atoms with van der Waals surface area (Å²) >= 11 is 9.32. The van der Waals surface area contributed by atoms with Crippen molar-refractivity contribution in [2.45, 2.75) is 49.7 Å². The molecule has 0 radical (unpaired) electrons. The van der Waals surface area contributed by atoms with E-state index in [1.807, 2.05) is 0 Å². The molecule has 6 nitrogen and oxygen atoms in total. The highest BCUT2D eigenvalue weighted by Crippen LogP contribution is 2.33.